The van der Waals surface area contributed by atoms with Crippen molar-refractivity contribution in [2.24, 2.45) is 5.73 Å². The van der Waals surface area contributed by atoms with E-state index in [0.717, 1.165) is 29.6 Å². The molecule has 0 saturated heterocycles. The lowest BCUT2D eigenvalue weighted by Crippen LogP contribution is -2.39. The van der Waals surface area contributed by atoms with Crippen molar-refractivity contribution in [3.05, 3.63) is 51.8 Å². The van der Waals surface area contributed by atoms with Gasteiger partial charge in [-0.2, -0.15) is 5.10 Å². The predicted molar refractivity (Wildman–Crippen MR) is 86.6 cm³/mol. The average Bonchev–Trinajstić information content (AvgIpc) is 2.75. The topological polar surface area (TPSA) is 43.8 Å². The summed E-state index contributed by atoms with van der Waals surface area (Å²) in [5.74, 6) is 0. The predicted octanol–water partition coefficient (Wildman–Crippen LogP) is 3.78. The molecule has 0 amide bonds. The monoisotopic (exact) mass is 335 g/mol. The first-order valence-electron chi connectivity index (χ1n) is 7.08. The minimum Gasteiger partial charge on any atom is -0.321 e. The first-order valence-corrected chi connectivity index (χ1v) is 7.87. The molecule has 0 fully saturated rings. The summed E-state index contributed by atoms with van der Waals surface area (Å²) in [7, 11) is 0. The van der Waals surface area contributed by atoms with Gasteiger partial charge in [0.1, 0.15) is 0 Å². The van der Waals surface area contributed by atoms with Crippen LogP contribution in [0.4, 0.5) is 0 Å². The normalized spacial score (nSPS) is 14.2. The Morgan fingerprint density at radius 2 is 1.90 bits per heavy atom. The maximum absolute atomic E-state index is 6.69. The van der Waals surface area contributed by atoms with Crippen molar-refractivity contribution in [2.75, 3.05) is 0 Å². The molecule has 3 nitrogen and oxygen atoms in total. The van der Waals surface area contributed by atoms with Crippen LogP contribution in [0.2, 0.25) is 0 Å². The van der Waals surface area contributed by atoms with Crippen LogP contribution in [0.15, 0.2) is 34.8 Å². The first kappa shape index (κ1) is 15.3. The molecule has 20 heavy (non-hydrogen) atoms. The first-order chi connectivity index (χ1) is 9.51. The van der Waals surface area contributed by atoms with E-state index in [-0.39, 0.29) is 5.54 Å². The molecule has 0 radical (unpaired) electrons. The molecule has 1 unspecified atom stereocenters. The molecule has 0 bridgehead atoms. The molecular formula is C16H22BrN3. The fraction of sp³-hybridized carbons (Fsp3) is 0.438. The smallest absolute Gasteiger partial charge is 0.0738 e. The molecule has 2 aromatic rings. The Hall–Kier alpha value is -1.13. The zero-order valence-corrected chi connectivity index (χ0v) is 13.9. The molecule has 0 saturated carbocycles. The lowest BCUT2D eigenvalue weighted by molar-refractivity contribution is 0.407. The summed E-state index contributed by atoms with van der Waals surface area (Å²) in [5, 5.41) is 4.56. The molecule has 2 rings (SSSR count). The number of halogens is 1. The molecule has 1 aromatic heterocycles. The van der Waals surface area contributed by atoms with Crippen LogP contribution in [0.1, 0.15) is 37.2 Å². The van der Waals surface area contributed by atoms with E-state index < -0.39 is 0 Å². The van der Waals surface area contributed by atoms with Crippen molar-refractivity contribution in [1.82, 2.24) is 9.78 Å². The molecular weight excluding hydrogens is 314 g/mol. The van der Waals surface area contributed by atoms with Crippen LogP contribution < -0.4 is 5.73 Å². The SMILES string of the molecule is CCn1nc(C)c(Br)c1CC(N)(CC)c1ccccc1. The van der Waals surface area contributed by atoms with Crippen molar-refractivity contribution < 1.29 is 0 Å². The van der Waals surface area contributed by atoms with Gasteiger partial charge in [0.2, 0.25) is 0 Å². The van der Waals surface area contributed by atoms with Crippen LogP contribution in [0.3, 0.4) is 0 Å². The molecule has 1 heterocycles. The van der Waals surface area contributed by atoms with Crippen molar-refractivity contribution >= 4 is 15.9 Å². The molecule has 1 aromatic carbocycles. The van der Waals surface area contributed by atoms with Crippen LogP contribution in [-0.4, -0.2) is 9.78 Å². The molecule has 0 aliphatic carbocycles. The average molecular weight is 336 g/mol. The van der Waals surface area contributed by atoms with Gasteiger partial charge in [0, 0.05) is 18.5 Å². The number of benzene rings is 1. The van der Waals surface area contributed by atoms with Crippen LogP contribution in [0, 0.1) is 6.92 Å². The maximum atomic E-state index is 6.69. The maximum Gasteiger partial charge on any atom is 0.0738 e. The highest BCUT2D eigenvalue weighted by Crippen LogP contribution is 2.31. The Bertz CT molecular complexity index is 577. The van der Waals surface area contributed by atoms with Gasteiger partial charge in [-0.3, -0.25) is 4.68 Å². The Balaban J connectivity index is 2.41. The number of hydrogen-bond acceptors (Lipinski definition) is 2. The molecule has 1 atom stereocenters. The Kier molecular flexibility index (Phi) is 4.66. The lowest BCUT2D eigenvalue weighted by atomic mass is 9.84. The Labute approximate surface area is 129 Å². The van der Waals surface area contributed by atoms with Crippen molar-refractivity contribution in [3.63, 3.8) is 0 Å². The number of aryl methyl sites for hydroxylation is 2. The van der Waals surface area contributed by atoms with Gasteiger partial charge < -0.3 is 5.73 Å². The molecule has 4 heteroatoms. The zero-order valence-electron chi connectivity index (χ0n) is 12.4. The highest BCUT2D eigenvalue weighted by Gasteiger charge is 2.28. The Morgan fingerprint density at radius 1 is 1.25 bits per heavy atom. The molecule has 0 aliphatic heterocycles. The third-order valence-electron chi connectivity index (χ3n) is 3.92. The third-order valence-corrected chi connectivity index (χ3v) is 4.95. The van der Waals surface area contributed by atoms with Gasteiger partial charge >= 0.3 is 0 Å². The van der Waals surface area contributed by atoms with E-state index in [1.807, 2.05) is 29.8 Å². The van der Waals surface area contributed by atoms with Crippen molar-refractivity contribution in [3.8, 4) is 0 Å². The van der Waals surface area contributed by atoms with Gasteiger partial charge in [-0.25, -0.2) is 0 Å². The zero-order chi connectivity index (χ0) is 14.8. The number of aromatic nitrogens is 2. The van der Waals surface area contributed by atoms with E-state index in [1.165, 1.54) is 11.3 Å². The second kappa shape index (κ2) is 6.10. The van der Waals surface area contributed by atoms with E-state index in [4.69, 9.17) is 5.73 Å². The minimum atomic E-state index is -0.358. The van der Waals surface area contributed by atoms with Crippen LogP contribution >= 0.6 is 15.9 Å². The summed E-state index contributed by atoms with van der Waals surface area (Å²) in [4.78, 5) is 0. The van der Waals surface area contributed by atoms with Crippen molar-refractivity contribution in [2.45, 2.75) is 45.7 Å². The summed E-state index contributed by atoms with van der Waals surface area (Å²) in [6, 6.07) is 10.3. The van der Waals surface area contributed by atoms with E-state index >= 15 is 0 Å². The molecule has 108 valence electrons. The van der Waals surface area contributed by atoms with Gasteiger partial charge in [0.25, 0.3) is 0 Å². The third kappa shape index (κ3) is 2.81. The minimum absolute atomic E-state index is 0.358. The van der Waals surface area contributed by atoms with E-state index in [1.54, 1.807) is 0 Å². The standard InChI is InChI=1S/C16H22BrN3/c1-4-16(18,13-9-7-6-8-10-13)11-14-15(17)12(3)19-20(14)5-2/h6-10H,4-5,11,18H2,1-3H3. The summed E-state index contributed by atoms with van der Waals surface area (Å²) < 4.78 is 3.12. The fourth-order valence-electron chi connectivity index (χ4n) is 2.54. The largest absolute Gasteiger partial charge is 0.321 e. The second-order valence-corrected chi connectivity index (χ2v) is 6.01. The van der Waals surface area contributed by atoms with Crippen LogP contribution in [0.25, 0.3) is 0 Å². The number of nitrogens with zero attached hydrogens (tertiary/aromatic N) is 2. The van der Waals surface area contributed by atoms with Gasteiger partial charge in [0.05, 0.1) is 15.9 Å². The van der Waals surface area contributed by atoms with Gasteiger partial charge in [-0.05, 0) is 41.8 Å². The molecule has 0 spiro atoms. The highest BCUT2D eigenvalue weighted by atomic mass is 79.9. The van der Waals surface area contributed by atoms with Gasteiger partial charge in [-0.1, -0.05) is 37.3 Å². The van der Waals surface area contributed by atoms with E-state index in [2.05, 4.69) is 47.0 Å². The molecule has 0 aliphatic rings. The van der Waals surface area contributed by atoms with E-state index in [0.29, 0.717) is 0 Å². The summed E-state index contributed by atoms with van der Waals surface area (Å²) in [5.41, 5.74) is 9.71. The number of nitrogens with two attached hydrogens (primary N) is 1. The van der Waals surface area contributed by atoms with Crippen molar-refractivity contribution in [1.29, 1.82) is 0 Å². The summed E-state index contributed by atoms with van der Waals surface area (Å²) in [6.07, 6.45) is 1.67. The second-order valence-electron chi connectivity index (χ2n) is 5.21. The highest BCUT2D eigenvalue weighted by molar-refractivity contribution is 9.10. The number of rotatable bonds is 5. The van der Waals surface area contributed by atoms with Gasteiger partial charge in [0.15, 0.2) is 0 Å². The fourth-order valence-corrected chi connectivity index (χ4v) is 2.96. The summed E-state index contributed by atoms with van der Waals surface area (Å²) in [6.45, 7) is 7.12. The molecule has 2 N–H and O–H groups in total. The number of hydrogen-bond donors (Lipinski definition) is 1. The quantitative estimate of drug-likeness (QED) is 0.903. The van der Waals surface area contributed by atoms with Crippen LogP contribution in [0.5, 0.6) is 0 Å². The van der Waals surface area contributed by atoms with Gasteiger partial charge in [-0.15, -0.1) is 0 Å². The Morgan fingerprint density at radius 3 is 2.45 bits per heavy atom. The van der Waals surface area contributed by atoms with Crippen LogP contribution in [-0.2, 0) is 18.5 Å². The van der Waals surface area contributed by atoms with E-state index in [9.17, 15) is 0 Å². The summed E-state index contributed by atoms with van der Waals surface area (Å²) >= 11 is 3.66. The lowest BCUT2D eigenvalue weighted by Gasteiger charge is -2.29.